The number of para-hydroxylation sites is 1. The number of nitrogens with zero attached hydrogens (tertiary/aromatic N) is 2. The van der Waals surface area contributed by atoms with Crippen LogP contribution in [0, 0.1) is 6.92 Å². The first-order valence-electron chi connectivity index (χ1n) is 5.02. The molecule has 3 nitrogen and oxygen atoms in total. The van der Waals surface area contributed by atoms with Crippen molar-refractivity contribution in [2.24, 2.45) is 0 Å². The van der Waals surface area contributed by atoms with Gasteiger partial charge in [-0.15, -0.1) is 0 Å². The minimum Gasteiger partial charge on any atom is -0.378 e. The minimum atomic E-state index is 0.646. The van der Waals surface area contributed by atoms with Gasteiger partial charge in [0.2, 0.25) is 0 Å². The van der Waals surface area contributed by atoms with Crippen LogP contribution in [-0.4, -0.2) is 9.97 Å². The monoisotopic (exact) mass is 233 g/mol. The second kappa shape index (κ2) is 4.94. The Morgan fingerprint density at radius 3 is 2.81 bits per heavy atom. The number of aryl methyl sites for hydroxylation is 1. The number of aromatic nitrogens is 2. The summed E-state index contributed by atoms with van der Waals surface area (Å²) in [5, 5.41) is 3.95. The third-order valence-corrected chi connectivity index (χ3v) is 2.50. The van der Waals surface area contributed by atoms with Gasteiger partial charge in [-0.1, -0.05) is 23.7 Å². The predicted molar refractivity (Wildman–Crippen MR) is 65.5 cm³/mol. The number of hydrogen-bond acceptors (Lipinski definition) is 3. The molecule has 2 rings (SSSR count). The zero-order chi connectivity index (χ0) is 11.4. The van der Waals surface area contributed by atoms with Crippen LogP contribution in [0.15, 0.2) is 36.5 Å². The lowest BCUT2D eigenvalue weighted by Crippen LogP contribution is -2.03. The number of rotatable bonds is 3. The van der Waals surface area contributed by atoms with Gasteiger partial charge in [0.15, 0.2) is 0 Å². The summed E-state index contributed by atoms with van der Waals surface area (Å²) in [7, 11) is 0. The van der Waals surface area contributed by atoms with Crippen molar-refractivity contribution in [2.45, 2.75) is 13.5 Å². The van der Waals surface area contributed by atoms with Crippen molar-refractivity contribution in [1.82, 2.24) is 9.97 Å². The Labute approximate surface area is 99.5 Å². The highest BCUT2D eigenvalue weighted by Gasteiger charge is 1.99. The van der Waals surface area contributed by atoms with Crippen LogP contribution in [-0.2, 0) is 6.54 Å². The van der Waals surface area contributed by atoms with Crippen molar-refractivity contribution >= 4 is 17.3 Å². The normalized spacial score (nSPS) is 10.1. The fourth-order valence-electron chi connectivity index (χ4n) is 1.39. The van der Waals surface area contributed by atoms with Crippen LogP contribution < -0.4 is 5.32 Å². The number of benzene rings is 1. The molecule has 0 atom stereocenters. The summed E-state index contributed by atoms with van der Waals surface area (Å²) in [4.78, 5) is 8.35. The summed E-state index contributed by atoms with van der Waals surface area (Å²) in [5.41, 5.74) is 1.87. The zero-order valence-electron chi connectivity index (χ0n) is 8.94. The highest BCUT2D eigenvalue weighted by atomic mass is 35.5. The van der Waals surface area contributed by atoms with Crippen molar-refractivity contribution in [1.29, 1.82) is 0 Å². The smallest absolute Gasteiger partial charge is 0.125 e. The van der Waals surface area contributed by atoms with E-state index in [0.717, 1.165) is 17.2 Å². The Hall–Kier alpha value is -1.61. The lowest BCUT2D eigenvalue weighted by atomic mass is 10.3. The Balaban J connectivity index is 2.05. The molecular weight excluding hydrogens is 222 g/mol. The molecule has 0 bridgehead atoms. The maximum atomic E-state index is 6.03. The van der Waals surface area contributed by atoms with Gasteiger partial charge in [-0.25, -0.2) is 9.97 Å². The van der Waals surface area contributed by atoms with Crippen LogP contribution in [0.5, 0.6) is 0 Å². The SMILES string of the molecule is Cc1nccc(CNc2ccccc2Cl)n1. The van der Waals surface area contributed by atoms with Crippen molar-refractivity contribution in [2.75, 3.05) is 5.32 Å². The third kappa shape index (κ3) is 2.70. The van der Waals surface area contributed by atoms with E-state index in [1.807, 2.05) is 37.3 Å². The molecule has 1 N–H and O–H groups in total. The quantitative estimate of drug-likeness (QED) is 0.886. The van der Waals surface area contributed by atoms with Crippen molar-refractivity contribution in [3.05, 3.63) is 53.1 Å². The van der Waals surface area contributed by atoms with E-state index in [1.54, 1.807) is 6.20 Å². The van der Waals surface area contributed by atoms with Gasteiger partial charge in [-0.3, -0.25) is 0 Å². The average Bonchev–Trinajstić information content (AvgIpc) is 2.28. The molecule has 0 amide bonds. The third-order valence-electron chi connectivity index (χ3n) is 2.17. The van der Waals surface area contributed by atoms with Crippen molar-refractivity contribution in [3.8, 4) is 0 Å². The molecule has 0 radical (unpaired) electrons. The fourth-order valence-corrected chi connectivity index (χ4v) is 1.60. The van der Waals surface area contributed by atoms with Crippen LogP contribution in [0.1, 0.15) is 11.5 Å². The maximum Gasteiger partial charge on any atom is 0.125 e. The fraction of sp³-hybridized carbons (Fsp3) is 0.167. The first kappa shape index (κ1) is 10.9. The summed E-state index contributed by atoms with van der Waals surface area (Å²) < 4.78 is 0. The average molecular weight is 234 g/mol. The van der Waals surface area contributed by atoms with Crippen LogP contribution >= 0.6 is 11.6 Å². The number of anilines is 1. The summed E-state index contributed by atoms with van der Waals surface area (Å²) in [6.07, 6.45) is 1.76. The molecule has 1 aromatic heterocycles. The molecular formula is C12H12ClN3. The number of nitrogens with one attached hydrogen (secondary N) is 1. The lowest BCUT2D eigenvalue weighted by Gasteiger charge is -2.07. The van der Waals surface area contributed by atoms with Gasteiger partial charge in [0.25, 0.3) is 0 Å². The Morgan fingerprint density at radius 2 is 2.06 bits per heavy atom. The van der Waals surface area contributed by atoms with Gasteiger partial charge in [-0.2, -0.15) is 0 Å². The van der Waals surface area contributed by atoms with E-state index in [2.05, 4.69) is 15.3 Å². The highest BCUT2D eigenvalue weighted by molar-refractivity contribution is 6.33. The molecule has 0 fully saturated rings. The van der Waals surface area contributed by atoms with E-state index in [1.165, 1.54) is 0 Å². The van der Waals surface area contributed by atoms with Gasteiger partial charge in [0.05, 0.1) is 22.9 Å². The van der Waals surface area contributed by atoms with Gasteiger partial charge in [0.1, 0.15) is 5.82 Å². The topological polar surface area (TPSA) is 37.8 Å². The molecule has 2 aromatic rings. The molecule has 0 aliphatic heterocycles. The molecule has 0 aliphatic carbocycles. The first-order valence-corrected chi connectivity index (χ1v) is 5.40. The largest absolute Gasteiger partial charge is 0.378 e. The molecule has 0 unspecified atom stereocenters. The number of hydrogen-bond donors (Lipinski definition) is 1. The van der Waals surface area contributed by atoms with Gasteiger partial charge < -0.3 is 5.32 Å². The van der Waals surface area contributed by atoms with E-state index in [9.17, 15) is 0 Å². The van der Waals surface area contributed by atoms with Gasteiger partial charge >= 0.3 is 0 Å². The molecule has 16 heavy (non-hydrogen) atoms. The molecule has 4 heteroatoms. The number of halogens is 1. The second-order valence-corrected chi connectivity index (χ2v) is 3.84. The first-order chi connectivity index (χ1) is 7.75. The van der Waals surface area contributed by atoms with Gasteiger partial charge in [-0.05, 0) is 25.1 Å². The highest BCUT2D eigenvalue weighted by Crippen LogP contribution is 2.20. The van der Waals surface area contributed by atoms with E-state index in [4.69, 9.17) is 11.6 Å². The summed E-state index contributed by atoms with van der Waals surface area (Å²) >= 11 is 6.03. The molecule has 1 heterocycles. The van der Waals surface area contributed by atoms with E-state index in [-0.39, 0.29) is 0 Å². The Kier molecular flexibility index (Phi) is 3.37. The molecule has 82 valence electrons. The molecule has 0 spiro atoms. The Bertz CT molecular complexity index is 485. The lowest BCUT2D eigenvalue weighted by molar-refractivity contribution is 0.955. The maximum absolute atomic E-state index is 6.03. The van der Waals surface area contributed by atoms with Crippen molar-refractivity contribution < 1.29 is 0 Å². The molecule has 0 saturated carbocycles. The zero-order valence-corrected chi connectivity index (χ0v) is 9.70. The Morgan fingerprint density at radius 1 is 1.25 bits per heavy atom. The summed E-state index contributed by atoms with van der Waals surface area (Å²) in [6, 6.07) is 9.53. The predicted octanol–water partition coefficient (Wildman–Crippen LogP) is 3.05. The van der Waals surface area contributed by atoms with Crippen LogP contribution in [0.2, 0.25) is 5.02 Å². The standard InChI is InChI=1S/C12H12ClN3/c1-9-14-7-6-10(16-9)8-15-12-5-3-2-4-11(12)13/h2-7,15H,8H2,1H3. The van der Waals surface area contributed by atoms with Gasteiger partial charge in [0, 0.05) is 6.20 Å². The summed E-state index contributed by atoms with van der Waals surface area (Å²) in [6.45, 7) is 2.52. The van der Waals surface area contributed by atoms with Crippen molar-refractivity contribution in [3.63, 3.8) is 0 Å². The van der Waals surface area contributed by atoms with E-state index in [0.29, 0.717) is 11.6 Å². The van der Waals surface area contributed by atoms with Crippen LogP contribution in [0.3, 0.4) is 0 Å². The molecule has 1 aromatic carbocycles. The summed E-state index contributed by atoms with van der Waals surface area (Å²) in [5.74, 6) is 0.776. The van der Waals surface area contributed by atoms with E-state index >= 15 is 0 Å². The molecule has 0 aliphatic rings. The van der Waals surface area contributed by atoms with E-state index < -0.39 is 0 Å². The molecule has 0 saturated heterocycles. The second-order valence-electron chi connectivity index (χ2n) is 3.43. The minimum absolute atomic E-state index is 0.646. The van der Waals surface area contributed by atoms with Crippen LogP contribution in [0.25, 0.3) is 0 Å². The van der Waals surface area contributed by atoms with Crippen LogP contribution in [0.4, 0.5) is 5.69 Å².